The van der Waals surface area contributed by atoms with Gasteiger partial charge in [-0.2, -0.15) is 0 Å². The number of rotatable bonds is 5. The predicted octanol–water partition coefficient (Wildman–Crippen LogP) is 2.91. The summed E-state index contributed by atoms with van der Waals surface area (Å²) in [6.45, 7) is 4.31. The van der Waals surface area contributed by atoms with E-state index in [1.807, 2.05) is 22.9 Å². The Hall–Kier alpha value is -2.29. The van der Waals surface area contributed by atoms with E-state index in [9.17, 15) is 4.79 Å². The Balaban J connectivity index is 2.29. The number of ketones is 1. The third kappa shape index (κ3) is 2.35. The van der Waals surface area contributed by atoms with E-state index in [-0.39, 0.29) is 5.78 Å². The van der Waals surface area contributed by atoms with Gasteiger partial charge in [0.15, 0.2) is 0 Å². The lowest BCUT2D eigenvalue weighted by atomic mass is 10.1. The van der Waals surface area contributed by atoms with Crippen LogP contribution >= 0.6 is 0 Å². The number of ether oxygens (including phenoxy) is 1. The molecule has 3 heteroatoms. The fraction of sp³-hybridized carbons (Fsp3) is 0.133. The summed E-state index contributed by atoms with van der Waals surface area (Å²) in [4.78, 5) is 12.3. The van der Waals surface area contributed by atoms with Crippen LogP contribution in [0.1, 0.15) is 16.1 Å². The van der Waals surface area contributed by atoms with Gasteiger partial charge >= 0.3 is 0 Å². The van der Waals surface area contributed by atoms with Crippen LogP contribution in [0.3, 0.4) is 0 Å². The summed E-state index contributed by atoms with van der Waals surface area (Å²) in [6.07, 6.45) is 3.64. The molecular weight excluding hydrogens is 226 g/mol. The summed E-state index contributed by atoms with van der Waals surface area (Å²) in [5, 5.41) is 0. The molecule has 92 valence electrons. The topological polar surface area (TPSA) is 31.2 Å². The number of hydrogen-bond acceptors (Lipinski definition) is 2. The second-order valence-corrected chi connectivity index (χ2v) is 3.89. The quantitative estimate of drug-likeness (QED) is 0.595. The minimum atomic E-state index is 0.00417. The van der Waals surface area contributed by atoms with Gasteiger partial charge in [-0.1, -0.05) is 6.08 Å². The summed E-state index contributed by atoms with van der Waals surface area (Å²) in [6, 6.07) is 10.8. The monoisotopic (exact) mass is 241 g/mol. The van der Waals surface area contributed by atoms with Crippen molar-refractivity contribution in [1.82, 2.24) is 4.57 Å². The Morgan fingerprint density at radius 1 is 1.33 bits per heavy atom. The Bertz CT molecular complexity index is 552. The molecule has 1 aromatic carbocycles. The van der Waals surface area contributed by atoms with Gasteiger partial charge in [0.25, 0.3) is 0 Å². The van der Waals surface area contributed by atoms with Crippen molar-refractivity contribution in [3.63, 3.8) is 0 Å². The highest BCUT2D eigenvalue weighted by molar-refractivity contribution is 6.08. The molecule has 2 rings (SSSR count). The van der Waals surface area contributed by atoms with Gasteiger partial charge in [-0.25, -0.2) is 0 Å². The van der Waals surface area contributed by atoms with Gasteiger partial charge in [0, 0.05) is 18.3 Å². The lowest BCUT2D eigenvalue weighted by molar-refractivity contribution is 0.103. The zero-order valence-corrected chi connectivity index (χ0v) is 10.3. The van der Waals surface area contributed by atoms with Gasteiger partial charge in [0.05, 0.1) is 12.8 Å². The van der Waals surface area contributed by atoms with Crippen molar-refractivity contribution in [3.8, 4) is 5.75 Å². The largest absolute Gasteiger partial charge is 0.497 e. The fourth-order valence-electron chi connectivity index (χ4n) is 1.81. The summed E-state index contributed by atoms with van der Waals surface area (Å²) in [5.74, 6) is 0.748. The van der Waals surface area contributed by atoms with Crippen molar-refractivity contribution in [2.75, 3.05) is 7.11 Å². The molecule has 0 saturated heterocycles. The molecular formula is C15H15NO2. The predicted molar refractivity (Wildman–Crippen MR) is 71.1 cm³/mol. The molecule has 1 aromatic heterocycles. The molecule has 1 heterocycles. The molecule has 2 aromatic rings. The third-order valence-electron chi connectivity index (χ3n) is 2.74. The highest BCUT2D eigenvalue weighted by atomic mass is 16.5. The molecule has 0 saturated carbocycles. The van der Waals surface area contributed by atoms with Crippen LogP contribution in [0, 0.1) is 0 Å². The maximum absolute atomic E-state index is 12.3. The second kappa shape index (κ2) is 5.36. The van der Waals surface area contributed by atoms with E-state index in [1.165, 1.54) is 0 Å². The van der Waals surface area contributed by atoms with E-state index < -0.39 is 0 Å². The maximum atomic E-state index is 12.3. The smallest absolute Gasteiger partial charge is 0.209 e. The zero-order valence-electron chi connectivity index (χ0n) is 10.3. The number of aromatic nitrogens is 1. The van der Waals surface area contributed by atoms with Gasteiger partial charge < -0.3 is 9.30 Å². The minimum absolute atomic E-state index is 0.00417. The van der Waals surface area contributed by atoms with Gasteiger partial charge in [-0.05, 0) is 36.4 Å². The van der Waals surface area contributed by atoms with Crippen LogP contribution in [0.25, 0.3) is 0 Å². The summed E-state index contributed by atoms with van der Waals surface area (Å²) < 4.78 is 6.95. The zero-order chi connectivity index (χ0) is 13.0. The van der Waals surface area contributed by atoms with Crippen molar-refractivity contribution >= 4 is 5.78 Å². The van der Waals surface area contributed by atoms with Crippen LogP contribution in [-0.2, 0) is 6.54 Å². The molecule has 0 aliphatic rings. The molecule has 0 amide bonds. The van der Waals surface area contributed by atoms with Crippen molar-refractivity contribution < 1.29 is 9.53 Å². The van der Waals surface area contributed by atoms with E-state index in [4.69, 9.17) is 4.74 Å². The van der Waals surface area contributed by atoms with E-state index in [2.05, 4.69) is 6.58 Å². The number of carbonyl (C=O) groups is 1. The van der Waals surface area contributed by atoms with E-state index in [0.29, 0.717) is 17.8 Å². The molecule has 18 heavy (non-hydrogen) atoms. The molecule has 0 radical (unpaired) electrons. The summed E-state index contributed by atoms with van der Waals surface area (Å²) in [5.41, 5.74) is 1.32. The number of nitrogens with zero attached hydrogens (tertiary/aromatic N) is 1. The van der Waals surface area contributed by atoms with Crippen LogP contribution in [0.2, 0.25) is 0 Å². The van der Waals surface area contributed by atoms with Gasteiger partial charge in [-0.15, -0.1) is 6.58 Å². The van der Waals surface area contributed by atoms with Crippen molar-refractivity contribution in [1.29, 1.82) is 0 Å². The fourth-order valence-corrected chi connectivity index (χ4v) is 1.81. The van der Waals surface area contributed by atoms with Gasteiger partial charge in [-0.3, -0.25) is 4.79 Å². The molecule has 3 nitrogen and oxygen atoms in total. The van der Waals surface area contributed by atoms with E-state index in [1.54, 1.807) is 37.5 Å². The lowest BCUT2D eigenvalue weighted by Crippen LogP contribution is -2.08. The highest BCUT2D eigenvalue weighted by Crippen LogP contribution is 2.15. The van der Waals surface area contributed by atoms with Crippen LogP contribution in [0.5, 0.6) is 5.75 Å². The molecule has 0 unspecified atom stereocenters. The SMILES string of the molecule is C=CCn1cccc1C(=O)c1ccc(OC)cc1. The summed E-state index contributed by atoms with van der Waals surface area (Å²) in [7, 11) is 1.60. The second-order valence-electron chi connectivity index (χ2n) is 3.89. The Morgan fingerprint density at radius 2 is 2.06 bits per heavy atom. The van der Waals surface area contributed by atoms with Crippen molar-refractivity contribution in [2.24, 2.45) is 0 Å². The minimum Gasteiger partial charge on any atom is -0.497 e. The van der Waals surface area contributed by atoms with Crippen molar-refractivity contribution in [2.45, 2.75) is 6.54 Å². The molecule has 0 N–H and O–H groups in total. The van der Waals surface area contributed by atoms with Gasteiger partial charge in [0.2, 0.25) is 5.78 Å². The van der Waals surface area contributed by atoms with E-state index >= 15 is 0 Å². The molecule has 0 fully saturated rings. The number of hydrogen-bond donors (Lipinski definition) is 0. The van der Waals surface area contributed by atoms with Crippen LogP contribution in [0.15, 0.2) is 55.3 Å². The Morgan fingerprint density at radius 3 is 2.67 bits per heavy atom. The first kappa shape index (κ1) is 12.2. The average Bonchev–Trinajstić information content (AvgIpc) is 2.87. The highest BCUT2D eigenvalue weighted by Gasteiger charge is 2.12. The number of allylic oxidation sites excluding steroid dienone is 1. The molecule has 0 bridgehead atoms. The van der Waals surface area contributed by atoms with Crippen LogP contribution in [0.4, 0.5) is 0 Å². The first-order valence-corrected chi connectivity index (χ1v) is 5.71. The number of carbonyl (C=O) groups excluding carboxylic acids is 1. The number of benzene rings is 1. The molecule has 0 atom stereocenters. The Labute approximate surface area is 106 Å². The number of methoxy groups -OCH3 is 1. The maximum Gasteiger partial charge on any atom is 0.209 e. The first-order valence-electron chi connectivity index (χ1n) is 5.71. The summed E-state index contributed by atoms with van der Waals surface area (Å²) >= 11 is 0. The lowest BCUT2D eigenvalue weighted by Gasteiger charge is -2.06. The molecule has 0 spiro atoms. The van der Waals surface area contributed by atoms with Crippen molar-refractivity contribution in [3.05, 3.63) is 66.5 Å². The van der Waals surface area contributed by atoms with Crippen LogP contribution in [-0.4, -0.2) is 17.5 Å². The molecule has 0 aliphatic heterocycles. The van der Waals surface area contributed by atoms with Gasteiger partial charge in [0.1, 0.15) is 5.75 Å². The average molecular weight is 241 g/mol. The molecule has 0 aliphatic carbocycles. The standard InChI is InChI=1S/C15H15NO2/c1-3-10-16-11-4-5-14(16)15(17)12-6-8-13(18-2)9-7-12/h3-9,11H,1,10H2,2H3. The van der Waals surface area contributed by atoms with Crippen LogP contribution < -0.4 is 4.74 Å². The first-order chi connectivity index (χ1) is 8.76. The normalized spacial score (nSPS) is 10.1. The third-order valence-corrected chi connectivity index (χ3v) is 2.74. The van der Waals surface area contributed by atoms with E-state index in [0.717, 1.165) is 5.75 Å². The Kier molecular flexibility index (Phi) is 3.63.